The molecule has 5 rings (SSSR count). The number of nitrogens with two attached hydrogens (primary N) is 1. The molecule has 1 aliphatic heterocycles. The number of amides is 3. The molecule has 4 aromatic rings. The van der Waals surface area contributed by atoms with E-state index in [1.54, 1.807) is 24.3 Å². The normalized spacial score (nSPS) is 12.9. The number of ether oxygens (including phenoxy) is 2. The van der Waals surface area contributed by atoms with Gasteiger partial charge in [-0.15, -0.1) is 0 Å². The Labute approximate surface area is 238 Å². The van der Waals surface area contributed by atoms with Crippen LogP contribution in [0.3, 0.4) is 0 Å². The Bertz CT molecular complexity index is 1600. The summed E-state index contributed by atoms with van der Waals surface area (Å²) in [5, 5.41) is 7.84. The van der Waals surface area contributed by atoms with Gasteiger partial charge < -0.3 is 36.1 Å². The van der Waals surface area contributed by atoms with Crippen LogP contribution in [-0.4, -0.2) is 60.3 Å². The molecule has 0 bridgehead atoms. The molecule has 42 heavy (non-hydrogen) atoms. The smallest absolute Gasteiger partial charge is 0.323 e. The number of hydrogen-bond donors (Lipinski definition) is 4. The predicted molar refractivity (Wildman–Crippen MR) is 153 cm³/mol. The van der Waals surface area contributed by atoms with Crippen LogP contribution in [0, 0.1) is 11.6 Å². The molecule has 1 aromatic heterocycles. The van der Waals surface area contributed by atoms with E-state index in [2.05, 4.69) is 30.9 Å². The second-order valence-corrected chi connectivity index (χ2v) is 9.06. The van der Waals surface area contributed by atoms with E-state index in [1.807, 2.05) is 4.90 Å². The van der Waals surface area contributed by atoms with Gasteiger partial charge in [-0.05, 0) is 60.7 Å². The van der Waals surface area contributed by atoms with Crippen LogP contribution in [0.4, 0.5) is 42.3 Å². The molecule has 1 fully saturated rings. The fourth-order valence-electron chi connectivity index (χ4n) is 4.04. The minimum Gasteiger partial charge on any atom is -0.467 e. The Morgan fingerprint density at radius 2 is 1.52 bits per heavy atom. The number of rotatable bonds is 7. The molecular formula is C28H26F2N8O4. The summed E-state index contributed by atoms with van der Waals surface area (Å²) in [4.78, 5) is 40.3. The number of nitrogens with one attached hydrogen (secondary N) is 3. The summed E-state index contributed by atoms with van der Waals surface area (Å²) in [7, 11) is 1.49. The molecule has 3 aromatic carbocycles. The number of carbonyl (C=O) groups excluding carboxylic acids is 2. The standard InChI is InChI=1S/C28H26F2N8O4/c1-41-28-36-24(35-26(37-28)38-12-14-42-15-13-38)16-2-6-18(7-3-16)32-27(40)33-19-8-4-17(5-9-19)25(39)34-21-11-10-20(29)22(30)23(21)31/h2-11H,12-15,31H2,1H3,(H,34,39)(H2,32,33,40). The van der Waals surface area contributed by atoms with E-state index in [0.717, 1.165) is 6.07 Å². The van der Waals surface area contributed by atoms with Crippen LogP contribution >= 0.6 is 0 Å². The fraction of sp³-hybridized carbons (Fsp3) is 0.179. The van der Waals surface area contributed by atoms with Crippen molar-refractivity contribution in [3.8, 4) is 17.4 Å². The van der Waals surface area contributed by atoms with Gasteiger partial charge in [-0.2, -0.15) is 15.0 Å². The zero-order chi connectivity index (χ0) is 29.6. The number of hydrogen-bond acceptors (Lipinski definition) is 9. The second kappa shape index (κ2) is 12.4. The lowest BCUT2D eigenvalue weighted by atomic mass is 10.1. The molecule has 0 atom stereocenters. The Balaban J connectivity index is 1.19. The zero-order valence-electron chi connectivity index (χ0n) is 22.4. The summed E-state index contributed by atoms with van der Waals surface area (Å²) in [5.74, 6) is -2.01. The van der Waals surface area contributed by atoms with Crippen molar-refractivity contribution in [3.05, 3.63) is 77.9 Å². The summed E-state index contributed by atoms with van der Waals surface area (Å²) in [6, 6.07) is 14.6. The third-order valence-corrected chi connectivity index (χ3v) is 6.27. The summed E-state index contributed by atoms with van der Waals surface area (Å²) in [5.41, 5.74) is 6.83. The minimum absolute atomic E-state index is 0.0568. The number of benzene rings is 3. The third-order valence-electron chi connectivity index (χ3n) is 6.27. The van der Waals surface area contributed by atoms with E-state index in [0.29, 0.717) is 55.0 Å². The molecule has 1 aliphatic rings. The molecule has 14 heteroatoms. The maximum absolute atomic E-state index is 13.7. The number of nitrogen functional groups attached to an aromatic ring is 1. The molecule has 3 amide bonds. The van der Waals surface area contributed by atoms with Gasteiger partial charge in [0.05, 0.1) is 31.7 Å². The average Bonchev–Trinajstić information content (AvgIpc) is 3.02. The van der Waals surface area contributed by atoms with Crippen LogP contribution in [0.1, 0.15) is 10.4 Å². The van der Waals surface area contributed by atoms with Crippen molar-refractivity contribution in [1.82, 2.24) is 15.0 Å². The van der Waals surface area contributed by atoms with Crippen LogP contribution in [0.15, 0.2) is 60.7 Å². The lowest BCUT2D eigenvalue weighted by Gasteiger charge is -2.26. The molecule has 0 spiro atoms. The molecular weight excluding hydrogens is 550 g/mol. The zero-order valence-corrected chi connectivity index (χ0v) is 22.4. The number of halogens is 2. The number of morpholine rings is 1. The number of urea groups is 1. The Morgan fingerprint density at radius 3 is 2.17 bits per heavy atom. The molecule has 0 unspecified atom stereocenters. The first-order chi connectivity index (χ1) is 20.3. The number of methoxy groups -OCH3 is 1. The maximum atomic E-state index is 13.7. The van der Waals surface area contributed by atoms with E-state index >= 15 is 0 Å². The van der Waals surface area contributed by atoms with Gasteiger partial charge in [-0.3, -0.25) is 4.79 Å². The van der Waals surface area contributed by atoms with Gasteiger partial charge in [0.15, 0.2) is 17.5 Å². The van der Waals surface area contributed by atoms with Crippen LogP contribution in [0.2, 0.25) is 0 Å². The van der Waals surface area contributed by atoms with E-state index in [4.69, 9.17) is 15.2 Å². The summed E-state index contributed by atoms with van der Waals surface area (Å²) < 4.78 is 37.6. The Kier molecular flexibility index (Phi) is 8.34. The summed E-state index contributed by atoms with van der Waals surface area (Å²) in [6.07, 6.45) is 0. The van der Waals surface area contributed by atoms with Gasteiger partial charge in [0.1, 0.15) is 0 Å². The lowest BCUT2D eigenvalue weighted by Crippen LogP contribution is -2.37. The van der Waals surface area contributed by atoms with Crippen LogP contribution in [0.5, 0.6) is 6.01 Å². The van der Waals surface area contributed by atoms with E-state index in [1.165, 1.54) is 37.4 Å². The number of anilines is 5. The Morgan fingerprint density at radius 1 is 0.881 bits per heavy atom. The van der Waals surface area contributed by atoms with Crippen molar-refractivity contribution >= 4 is 40.6 Å². The van der Waals surface area contributed by atoms with E-state index in [-0.39, 0.29) is 17.3 Å². The van der Waals surface area contributed by atoms with E-state index < -0.39 is 29.3 Å². The van der Waals surface area contributed by atoms with Gasteiger partial charge in [0.25, 0.3) is 5.91 Å². The fourth-order valence-corrected chi connectivity index (χ4v) is 4.04. The highest BCUT2D eigenvalue weighted by Gasteiger charge is 2.18. The first-order valence-electron chi connectivity index (χ1n) is 12.8. The molecule has 12 nitrogen and oxygen atoms in total. The number of carbonyl (C=O) groups is 2. The molecule has 1 saturated heterocycles. The van der Waals surface area contributed by atoms with Gasteiger partial charge in [-0.25, -0.2) is 13.6 Å². The highest BCUT2D eigenvalue weighted by atomic mass is 19.2. The molecule has 216 valence electrons. The van der Waals surface area contributed by atoms with Crippen molar-refractivity contribution in [2.75, 3.05) is 60.0 Å². The lowest BCUT2D eigenvalue weighted by molar-refractivity contribution is 0.102. The van der Waals surface area contributed by atoms with Crippen LogP contribution in [-0.2, 0) is 4.74 Å². The average molecular weight is 577 g/mol. The highest BCUT2D eigenvalue weighted by molar-refractivity contribution is 6.06. The highest BCUT2D eigenvalue weighted by Crippen LogP contribution is 2.25. The van der Waals surface area contributed by atoms with Gasteiger partial charge in [0.2, 0.25) is 5.95 Å². The topological polar surface area (TPSA) is 157 Å². The largest absolute Gasteiger partial charge is 0.467 e. The summed E-state index contributed by atoms with van der Waals surface area (Å²) in [6.45, 7) is 2.49. The monoisotopic (exact) mass is 576 g/mol. The van der Waals surface area contributed by atoms with Gasteiger partial charge >= 0.3 is 12.0 Å². The Hall–Kier alpha value is -5.37. The minimum atomic E-state index is -1.24. The second-order valence-electron chi connectivity index (χ2n) is 9.06. The van der Waals surface area contributed by atoms with Crippen molar-refractivity contribution in [1.29, 1.82) is 0 Å². The van der Waals surface area contributed by atoms with Gasteiger partial charge in [-0.1, -0.05) is 0 Å². The quantitative estimate of drug-likeness (QED) is 0.237. The molecule has 0 radical (unpaired) electrons. The predicted octanol–water partition coefficient (Wildman–Crippen LogP) is 4.14. The first-order valence-corrected chi connectivity index (χ1v) is 12.8. The third kappa shape index (κ3) is 6.50. The van der Waals surface area contributed by atoms with Crippen molar-refractivity contribution in [3.63, 3.8) is 0 Å². The van der Waals surface area contributed by atoms with Crippen molar-refractivity contribution in [2.24, 2.45) is 0 Å². The van der Waals surface area contributed by atoms with Gasteiger partial charge in [0, 0.05) is 35.6 Å². The SMILES string of the molecule is COc1nc(-c2ccc(NC(=O)Nc3ccc(C(=O)Nc4ccc(F)c(F)c4N)cc3)cc2)nc(N2CCOCC2)n1. The van der Waals surface area contributed by atoms with Crippen molar-refractivity contribution in [2.45, 2.75) is 0 Å². The molecule has 2 heterocycles. The van der Waals surface area contributed by atoms with Crippen LogP contribution < -0.4 is 31.3 Å². The number of nitrogens with zero attached hydrogens (tertiary/aromatic N) is 4. The van der Waals surface area contributed by atoms with Crippen LogP contribution in [0.25, 0.3) is 11.4 Å². The molecule has 5 N–H and O–H groups in total. The van der Waals surface area contributed by atoms with E-state index in [9.17, 15) is 18.4 Å². The van der Waals surface area contributed by atoms with Crippen molar-refractivity contribution < 1.29 is 27.8 Å². The summed E-state index contributed by atoms with van der Waals surface area (Å²) >= 11 is 0. The maximum Gasteiger partial charge on any atom is 0.323 e. The first kappa shape index (κ1) is 28.2. The number of aromatic nitrogens is 3. The molecule has 0 saturated carbocycles. The molecule has 0 aliphatic carbocycles.